The lowest BCUT2D eigenvalue weighted by molar-refractivity contribution is 0.0809. The first-order valence-corrected chi connectivity index (χ1v) is 10.5. The van der Waals surface area contributed by atoms with Crippen LogP contribution < -0.4 is 9.47 Å². The fraction of sp³-hybridized carbons (Fsp3) is 0.619. The van der Waals surface area contributed by atoms with Gasteiger partial charge in [0.15, 0.2) is 11.5 Å². The summed E-state index contributed by atoms with van der Waals surface area (Å²) >= 11 is 3.80. The lowest BCUT2D eigenvalue weighted by atomic mass is 9.69. The van der Waals surface area contributed by atoms with Gasteiger partial charge in [0.2, 0.25) is 0 Å². The first-order chi connectivity index (χ1) is 12.6. The summed E-state index contributed by atoms with van der Waals surface area (Å²) in [5.41, 5.74) is 2.44. The molecule has 1 aromatic rings. The normalized spacial score (nSPS) is 29.7. The zero-order chi connectivity index (χ0) is 18.3. The lowest BCUT2D eigenvalue weighted by Crippen LogP contribution is -2.43. The molecule has 0 saturated heterocycles. The van der Waals surface area contributed by atoms with Crippen molar-refractivity contribution in [1.29, 1.82) is 0 Å². The molecule has 142 valence electrons. The third-order valence-electron chi connectivity index (χ3n) is 6.19. The summed E-state index contributed by atoms with van der Waals surface area (Å²) in [6, 6.07) is 2.04. The van der Waals surface area contributed by atoms with Gasteiger partial charge in [-0.1, -0.05) is 47.8 Å². The summed E-state index contributed by atoms with van der Waals surface area (Å²) in [7, 11) is 1.70. The molecule has 0 aromatic heterocycles. The number of hydrogen-bond donors (Lipinski definition) is 1. The SMILES string of the molecule is CCCCCN1CCC23C=C[C@H](O)CC2Oc2c(OC)cc(Br)c(c23)C1. The first-order valence-electron chi connectivity index (χ1n) is 9.75. The quantitative estimate of drug-likeness (QED) is 0.571. The predicted octanol–water partition coefficient (Wildman–Crippen LogP) is 4.17. The maximum Gasteiger partial charge on any atom is 0.166 e. The molecule has 0 saturated carbocycles. The molecule has 1 aliphatic carbocycles. The number of rotatable bonds is 5. The number of aliphatic hydroxyl groups excluding tert-OH is 1. The van der Waals surface area contributed by atoms with E-state index in [1.54, 1.807) is 7.11 Å². The van der Waals surface area contributed by atoms with Gasteiger partial charge in [-0.3, -0.25) is 4.90 Å². The van der Waals surface area contributed by atoms with Crippen LogP contribution in [0, 0.1) is 0 Å². The minimum absolute atomic E-state index is 0.0185. The Bertz CT molecular complexity index is 720. The van der Waals surface area contributed by atoms with Crippen LogP contribution in [0.3, 0.4) is 0 Å². The molecular formula is C21H28BrNO3. The highest BCUT2D eigenvalue weighted by atomic mass is 79.9. The molecule has 2 aliphatic heterocycles. The fourth-order valence-electron chi connectivity index (χ4n) is 4.79. The van der Waals surface area contributed by atoms with Gasteiger partial charge in [0.05, 0.1) is 18.6 Å². The Morgan fingerprint density at radius 3 is 3.04 bits per heavy atom. The zero-order valence-electron chi connectivity index (χ0n) is 15.6. The van der Waals surface area contributed by atoms with E-state index < -0.39 is 6.10 Å². The third kappa shape index (κ3) is 2.88. The second kappa shape index (κ2) is 7.17. The number of ether oxygens (including phenoxy) is 2. The maximum absolute atomic E-state index is 10.2. The number of nitrogens with zero attached hydrogens (tertiary/aromatic N) is 1. The molecule has 1 aromatic carbocycles. The minimum atomic E-state index is -0.429. The van der Waals surface area contributed by atoms with Gasteiger partial charge in [-0.25, -0.2) is 0 Å². The highest BCUT2D eigenvalue weighted by Crippen LogP contribution is 2.57. The Labute approximate surface area is 164 Å². The maximum atomic E-state index is 10.2. The molecular weight excluding hydrogens is 394 g/mol. The molecule has 26 heavy (non-hydrogen) atoms. The van der Waals surface area contributed by atoms with E-state index >= 15 is 0 Å². The van der Waals surface area contributed by atoms with E-state index in [1.165, 1.54) is 30.4 Å². The van der Waals surface area contributed by atoms with Crippen LogP contribution in [0.1, 0.15) is 50.2 Å². The van der Waals surface area contributed by atoms with Crippen molar-refractivity contribution in [3.63, 3.8) is 0 Å². The Morgan fingerprint density at radius 2 is 2.27 bits per heavy atom. The fourth-order valence-corrected chi connectivity index (χ4v) is 5.32. The molecule has 1 N–H and O–H groups in total. The first kappa shape index (κ1) is 18.3. The van der Waals surface area contributed by atoms with Crippen LogP contribution in [0.25, 0.3) is 0 Å². The molecule has 0 fully saturated rings. The van der Waals surface area contributed by atoms with Crippen LogP contribution in [0.4, 0.5) is 0 Å². The number of unbranched alkanes of at least 4 members (excludes halogenated alkanes) is 2. The number of halogens is 1. The van der Waals surface area contributed by atoms with E-state index in [9.17, 15) is 5.11 Å². The van der Waals surface area contributed by atoms with Crippen LogP contribution in [-0.4, -0.2) is 42.4 Å². The van der Waals surface area contributed by atoms with Crippen LogP contribution in [0.15, 0.2) is 22.7 Å². The van der Waals surface area contributed by atoms with Crippen molar-refractivity contribution < 1.29 is 14.6 Å². The van der Waals surface area contributed by atoms with Gasteiger partial charge in [0, 0.05) is 23.0 Å². The second-order valence-electron chi connectivity index (χ2n) is 7.79. The van der Waals surface area contributed by atoms with Gasteiger partial charge < -0.3 is 14.6 Å². The van der Waals surface area contributed by atoms with E-state index in [0.717, 1.165) is 42.0 Å². The largest absolute Gasteiger partial charge is 0.493 e. The van der Waals surface area contributed by atoms with E-state index in [1.807, 2.05) is 12.1 Å². The number of aliphatic hydroxyl groups is 1. The van der Waals surface area contributed by atoms with Crippen molar-refractivity contribution in [3.05, 3.63) is 33.8 Å². The molecule has 1 spiro atoms. The highest BCUT2D eigenvalue weighted by molar-refractivity contribution is 9.10. The molecule has 3 atom stereocenters. The highest BCUT2D eigenvalue weighted by Gasteiger charge is 2.53. The van der Waals surface area contributed by atoms with Crippen molar-refractivity contribution in [3.8, 4) is 11.5 Å². The second-order valence-corrected chi connectivity index (χ2v) is 8.64. The molecule has 2 unspecified atom stereocenters. The van der Waals surface area contributed by atoms with Crippen molar-refractivity contribution in [1.82, 2.24) is 4.90 Å². The molecule has 5 heteroatoms. The lowest BCUT2D eigenvalue weighted by Gasteiger charge is -2.36. The Balaban J connectivity index is 1.79. The number of benzene rings is 1. The average Bonchev–Trinajstić information content (AvgIpc) is 2.86. The standard InChI is InChI=1S/C21H28BrNO3/c1-3-4-5-9-23-10-8-21-7-6-14(24)11-18(21)26-20-17(25-2)12-16(22)15(13-23)19(20)21/h6-7,12,14,18,24H,3-5,8-11,13H2,1-2H3/t14-,18?,21?/m0/s1. The van der Waals surface area contributed by atoms with E-state index in [4.69, 9.17) is 9.47 Å². The molecule has 0 radical (unpaired) electrons. The van der Waals surface area contributed by atoms with E-state index in [0.29, 0.717) is 6.42 Å². The molecule has 0 amide bonds. The van der Waals surface area contributed by atoms with Gasteiger partial charge in [0.1, 0.15) is 6.10 Å². The number of methoxy groups -OCH3 is 1. The molecule has 2 heterocycles. The zero-order valence-corrected chi connectivity index (χ0v) is 17.2. The third-order valence-corrected chi connectivity index (χ3v) is 6.90. The Morgan fingerprint density at radius 1 is 1.42 bits per heavy atom. The van der Waals surface area contributed by atoms with Gasteiger partial charge in [-0.05, 0) is 37.6 Å². The van der Waals surface area contributed by atoms with Gasteiger partial charge in [-0.2, -0.15) is 0 Å². The van der Waals surface area contributed by atoms with Crippen LogP contribution in [-0.2, 0) is 12.0 Å². The molecule has 3 aliphatic rings. The summed E-state index contributed by atoms with van der Waals surface area (Å²) in [6.07, 6.45) is 9.15. The summed E-state index contributed by atoms with van der Waals surface area (Å²) in [6.45, 7) is 5.37. The Hall–Kier alpha value is -1.04. The Kier molecular flexibility index (Phi) is 5.06. The summed E-state index contributed by atoms with van der Waals surface area (Å²) in [4.78, 5) is 2.57. The van der Waals surface area contributed by atoms with Crippen molar-refractivity contribution >= 4 is 15.9 Å². The summed E-state index contributed by atoms with van der Waals surface area (Å²) < 4.78 is 13.1. The van der Waals surface area contributed by atoms with Gasteiger partial charge in [0.25, 0.3) is 0 Å². The molecule has 0 bridgehead atoms. The van der Waals surface area contributed by atoms with E-state index in [2.05, 4.69) is 33.8 Å². The summed E-state index contributed by atoms with van der Waals surface area (Å²) in [5.74, 6) is 1.66. The van der Waals surface area contributed by atoms with Crippen molar-refractivity contribution in [2.45, 2.75) is 63.2 Å². The smallest absolute Gasteiger partial charge is 0.166 e. The van der Waals surface area contributed by atoms with Crippen molar-refractivity contribution in [2.75, 3.05) is 20.2 Å². The minimum Gasteiger partial charge on any atom is -0.493 e. The van der Waals surface area contributed by atoms with Gasteiger partial charge >= 0.3 is 0 Å². The number of hydrogen-bond acceptors (Lipinski definition) is 4. The molecule has 4 rings (SSSR count). The van der Waals surface area contributed by atoms with Crippen molar-refractivity contribution in [2.24, 2.45) is 0 Å². The van der Waals surface area contributed by atoms with Crippen LogP contribution >= 0.6 is 15.9 Å². The topological polar surface area (TPSA) is 41.9 Å². The summed E-state index contributed by atoms with van der Waals surface area (Å²) in [5, 5.41) is 10.2. The predicted molar refractivity (Wildman–Crippen MR) is 106 cm³/mol. The van der Waals surface area contributed by atoms with E-state index in [-0.39, 0.29) is 11.5 Å². The molecule has 4 nitrogen and oxygen atoms in total. The van der Waals surface area contributed by atoms with Crippen LogP contribution in [0.5, 0.6) is 11.5 Å². The van der Waals surface area contributed by atoms with Gasteiger partial charge in [-0.15, -0.1) is 0 Å². The average molecular weight is 422 g/mol. The van der Waals surface area contributed by atoms with Crippen LogP contribution in [0.2, 0.25) is 0 Å². The monoisotopic (exact) mass is 421 g/mol.